The first-order valence-corrected chi connectivity index (χ1v) is 7.08. The molecule has 0 radical (unpaired) electrons. The molecule has 0 aromatic carbocycles. The molecular weight excluding hydrogens is 283 g/mol. The van der Waals surface area contributed by atoms with E-state index in [1.54, 1.807) is 0 Å². The number of anilines is 2. The summed E-state index contributed by atoms with van der Waals surface area (Å²) < 4.78 is 38.3. The maximum absolute atomic E-state index is 12.8. The van der Waals surface area contributed by atoms with E-state index in [4.69, 9.17) is 5.84 Å². The predicted octanol–water partition coefficient (Wildman–Crippen LogP) is 3.16. The molecule has 8 heteroatoms. The van der Waals surface area contributed by atoms with Crippen molar-refractivity contribution in [2.45, 2.75) is 51.2 Å². The maximum atomic E-state index is 12.8. The minimum absolute atomic E-state index is 0.0539. The summed E-state index contributed by atoms with van der Waals surface area (Å²) in [6.07, 6.45) is 0.556. The minimum Gasteiger partial charge on any atom is -0.367 e. The number of alkyl halides is 3. The number of rotatable bonds is 3. The summed E-state index contributed by atoms with van der Waals surface area (Å²) >= 11 is 0. The summed E-state index contributed by atoms with van der Waals surface area (Å²) in [7, 11) is 0. The highest BCUT2D eigenvalue weighted by atomic mass is 19.4. The van der Waals surface area contributed by atoms with Crippen LogP contribution in [0.3, 0.4) is 0 Å². The van der Waals surface area contributed by atoms with E-state index >= 15 is 0 Å². The number of hydrazine groups is 1. The van der Waals surface area contributed by atoms with Crippen molar-refractivity contribution in [3.05, 3.63) is 11.9 Å². The number of halogens is 3. The number of aromatic nitrogens is 2. The van der Waals surface area contributed by atoms with Gasteiger partial charge in [-0.15, -0.1) is 0 Å². The topological polar surface area (TPSA) is 75.9 Å². The lowest BCUT2D eigenvalue weighted by Crippen LogP contribution is -2.22. The number of nitrogens with zero attached hydrogens (tertiary/aromatic N) is 2. The molecule has 1 aromatic heterocycles. The average molecular weight is 303 g/mol. The number of nitrogens with two attached hydrogens (primary N) is 1. The third-order valence-corrected chi connectivity index (χ3v) is 3.74. The number of nitrogen functional groups attached to an aromatic ring is 1. The van der Waals surface area contributed by atoms with E-state index in [1.165, 1.54) is 6.07 Å². The van der Waals surface area contributed by atoms with Crippen LogP contribution < -0.4 is 16.6 Å². The third-order valence-electron chi connectivity index (χ3n) is 3.74. The Morgan fingerprint density at radius 3 is 2.52 bits per heavy atom. The highest BCUT2D eigenvalue weighted by Gasteiger charge is 2.35. The van der Waals surface area contributed by atoms with Crippen LogP contribution >= 0.6 is 0 Å². The average Bonchev–Trinajstić information content (AvgIpc) is 2.62. The molecule has 1 fully saturated rings. The van der Waals surface area contributed by atoms with Gasteiger partial charge in [0.05, 0.1) is 0 Å². The second-order valence-electron chi connectivity index (χ2n) is 5.56. The van der Waals surface area contributed by atoms with Crippen molar-refractivity contribution in [3.63, 3.8) is 0 Å². The van der Waals surface area contributed by atoms with Crippen LogP contribution in [0.1, 0.15) is 44.9 Å². The Morgan fingerprint density at radius 1 is 1.14 bits per heavy atom. The molecule has 0 aliphatic heterocycles. The van der Waals surface area contributed by atoms with E-state index in [1.807, 2.05) is 0 Å². The molecule has 1 heterocycles. The molecule has 1 aromatic rings. The van der Waals surface area contributed by atoms with Gasteiger partial charge in [0.25, 0.3) is 0 Å². The molecule has 0 spiro atoms. The lowest BCUT2D eigenvalue weighted by atomic mass is 10.0. The fourth-order valence-corrected chi connectivity index (χ4v) is 2.56. The van der Waals surface area contributed by atoms with Crippen molar-refractivity contribution in [1.82, 2.24) is 9.97 Å². The first kappa shape index (κ1) is 15.8. The maximum Gasteiger partial charge on any atom is 0.451 e. The second kappa shape index (κ2) is 6.46. The van der Waals surface area contributed by atoms with Crippen LogP contribution in [0.4, 0.5) is 24.8 Å². The molecule has 5 nitrogen and oxygen atoms in total. The largest absolute Gasteiger partial charge is 0.451 e. The Labute approximate surface area is 121 Å². The van der Waals surface area contributed by atoms with Crippen LogP contribution in [0, 0.1) is 5.92 Å². The zero-order valence-corrected chi connectivity index (χ0v) is 11.9. The SMILES string of the molecule is CC1CCCC(Nc2cc(NN)nc(C(F)(F)F)n2)CC1. The predicted molar refractivity (Wildman–Crippen MR) is 74.5 cm³/mol. The first-order chi connectivity index (χ1) is 9.88. The Bertz CT molecular complexity index is 477. The molecule has 1 aliphatic carbocycles. The van der Waals surface area contributed by atoms with Gasteiger partial charge in [0, 0.05) is 12.1 Å². The molecule has 4 N–H and O–H groups in total. The smallest absolute Gasteiger partial charge is 0.367 e. The summed E-state index contributed by atoms with van der Waals surface area (Å²) in [5.74, 6) is 4.74. The third kappa shape index (κ3) is 4.45. The molecule has 21 heavy (non-hydrogen) atoms. The number of hydrogen-bond donors (Lipinski definition) is 3. The van der Waals surface area contributed by atoms with Gasteiger partial charge in [-0.05, 0) is 25.2 Å². The van der Waals surface area contributed by atoms with Crippen LogP contribution in [0.2, 0.25) is 0 Å². The first-order valence-electron chi connectivity index (χ1n) is 7.08. The normalized spacial score (nSPS) is 23.5. The van der Waals surface area contributed by atoms with Crippen LogP contribution in [-0.4, -0.2) is 16.0 Å². The lowest BCUT2D eigenvalue weighted by molar-refractivity contribution is -0.144. The summed E-state index contributed by atoms with van der Waals surface area (Å²) in [4.78, 5) is 6.89. The van der Waals surface area contributed by atoms with E-state index in [0.29, 0.717) is 5.92 Å². The summed E-state index contributed by atoms with van der Waals surface area (Å²) in [5.41, 5.74) is 2.15. The quantitative estimate of drug-likeness (QED) is 0.454. The highest BCUT2D eigenvalue weighted by molar-refractivity contribution is 5.47. The Morgan fingerprint density at radius 2 is 1.86 bits per heavy atom. The molecule has 0 bridgehead atoms. The van der Waals surface area contributed by atoms with Crippen molar-refractivity contribution >= 4 is 11.6 Å². The van der Waals surface area contributed by atoms with Gasteiger partial charge in [-0.25, -0.2) is 15.8 Å². The van der Waals surface area contributed by atoms with Crippen LogP contribution in [0.25, 0.3) is 0 Å². The van der Waals surface area contributed by atoms with E-state index < -0.39 is 12.0 Å². The number of hydrogen-bond acceptors (Lipinski definition) is 5. The molecular formula is C13H20F3N5. The van der Waals surface area contributed by atoms with Crippen molar-refractivity contribution in [1.29, 1.82) is 0 Å². The van der Waals surface area contributed by atoms with E-state index in [9.17, 15) is 13.2 Å². The molecule has 1 aliphatic rings. The lowest BCUT2D eigenvalue weighted by Gasteiger charge is -2.18. The second-order valence-corrected chi connectivity index (χ2v) is 5.56. The van der Waals surface area contributed by atoms with Gasteiger partial charge >= 0.3 is 6.18 Å². The Balaban J connectivity index is 2.15. The monoisotopic (exact) mass is 303 g/mol. The van der Waals surface area contributed by atoms with Crippen molar-refractivity contribution in [2.24, 2.45) is 11.8 Å². The van der Waals surface area contributed by atoms with E-state index in [-0.39, 0.29) is 17.7 Å². The van der Waals surface area contributed by atoms with Gasteiger partial charge in [0.1, 0.15) is 11.6 Å². The van der Waals surface area contributed by atoms with Crippen molar-refractivity contribution < 1.29 is 13.2 Å². The molecule has 118 valence electrons. The highest BCUT2D eigenvalue weighted by Crippen LogP contribution is 2.29. The minimum atomic E-state index is -4.60. The zero-order valence-electron chi connectivity index (χ0n) is 11.9. The number of nitrogens with one attached hydrogen (secondary N) is 2. The summed E-state index contributed by atoms with van der Waals surface area (Å²) in [6, 6.07) is 1.53. The van der Waals surface area contributed by atoms with Gasteiger partial charge in [-0.2, -0.15) is 13.2 Å². The van der Waals surface area contributed by atoms with Gasteiger partial charge in [0.2, 0.25) is 5.82 Å². The Kier molecular flexibility index (Phi) is 4.87. The fraction of sp³-hybridized carbons (Fsp3) is 0.692. The molecule has 0 amide bonds. The van der Waals surface area contributed by atoms with Gasteiger partial charge in [-0.1, -0.05) is 19.8 Å². The van der Waals surface area contributed by atoms with Gasteiger partial charge < -0.3 is 10.7 Å². The molecule has 0 saturated heterocycles. The zero-order chi connectivity index (χ0) is 15.5. The van der Waals surface area contributed by atoms with Crippen molar-refractivity contribution in [2.75, 3.05) is 10.7 Å². The molecule has 1 saturated carbocycles. The van der Waals surface area contributed by atoms with Crippen LogP contribution in [-0.2, 0) is 6.18 Å². The molecule has 2 rings (SSSR count). The van der Waals surface area contributed by atoms with E-state index in [2.05, 4.69) is 27.6 Å². The van der Waals surface area contributed by atoms with E-state index in [0.717, 1.165) is 32.1 Å². The van der Waals surface area contributed by atoms with Crippen molar-refractivity contribution in [3.8, 4) is 0 Å². The van der Waals surface area contributed by atoms with Gasteiger partial charge in [-0.3, -0.25) is 0 Å². The summed E-state index contributed by atoms with van der Waals surface area (Å²) in [5, 5.41) is 3.08. The fourth-order valence-electron chi connectivity index (χ4n) is 2.56. The molecule has 2 unspecified atom stereocenters. The molecule has 2 atom stereocenters. The Hall–Kier alpha value is -1.57. The van der Waals surface area contributed by atoms with Crippen LogP contribution in [0.15, 0.2) is 6.07 Å². The van der Waals surface area contributed by atoms with Crippen LogP contribution in [0.5, 0.6) is 0 Å². The summed E-state index contributed by atoms with van der Waals surface area (Å²) in [6.45, 7) is 2.20. The standard InChI is InChI=1S/C13H20F3N5/c1-8-3-2-4-9(6-5-8)18-10-7-11(21-17)20-12(19-10)13(14,15)16/h7-9H,2-6,17H2,1H3,(H2,18,19,20,21). The van der Waals surface area contributed by atoms with Gasteiger partial charge in [0.15, 0.2) is 0 Å².